The van der Waals surface area contributed by atoms with Crippen molar-refractivity contribution in [2.45, 2.75) is 6.42 Å². The summed E-state index contributed by atoms with van der Waals surface area (Å²) in [5.41, 5.74) is 3.27. The van der Waals surface area contributed by atoms with Crippen LogP contribution in [0.25, 0.3) is 0 Å². The van der Waals surface area contributed by atoms with Crippen molar-refractivity contribution in [3.8, 4) is 23.5 Å². The summed E-state index contributed by atoms with van der Waals surface area (Å²) in [6, 6.07) is 25.1. The number of anilines is 1. The highest BCUT2D eigenvalue weighted by atomic mass is 16.5. The second kappa shape index (κ2) is 14.2. The van der Waals surface area contributed by atoms with E-state index in [4.69, 9.17) is 14.2 Å². The molecule has 0 spiro atoms. The van der Waals surface area contributed by atoms with Gasteiger partial charge in [-0.05, 0) is 90.7 Å². The minimum atomic E-state index is -0.233. The molecule has 1 N–H and O–H groups in total. The van der Waals surface area contributed by atoms with Crippen molar-refractivity contribution in [3.05, 3.63) is 113 Å². The molecule has 8 nitrogen and oxygen atoms in total. The monoisotopic (exact) mass is 563 g/mol. The van der Waals surface area contributed by atoms with Gasteiger partial charge in [0, 0.05) is 48.6 Å². The smallest absolute Gasteiger partial charge is 0.258 e. The molecular formula is C34H33N3O5. The summed E-state index contributed by atoms with van der Waals surface area (Å²) in [4.78, 5) is 29.1. The number of carbonyl (C=O) groups is 2. The van der Waals surface area contributed by atoms with Crippen LogP contribution < -0.4 is 14.8 Å². The van der Waals surface area contributed by atoms with E-state index >= 15 is 0 Å². The molecule has 1 saturated heterocycles. The molecule has 0 aliphatic carbocycles. The maximum absolute atomic E-state index is 12.8. The maximum atomic E-state index is 12.8. The summed E-state index contributed by atoms with van der Waals surface area (Å²) < 4.78 is 16.5. The van der Waals surface area contributed by atoms with Gasteiger partial charge >= 0.3 is 0 Å². The molecule has 3 aromatic carbocycles. The van der Waals surface area contributed by atoms with Crippen LogP contribution >= 0.6 is 0 Å². The Morgan fingerprint density at radius 1 is 0.929 bits per heavy atom. The van der Waals surface area contributed by atoms with E-state index in [1.54, 1.807) is 43.5 Å². The lowest BCUT2D eigenvalue weighted by Crippen LogP contribution is -2.37. The number of benzene rings is 3. The Hall–Kier alpha value is -4.84. The van der Waals surface area contributed by atoms with E-state index in [1.165, 1.54) is 16.5 Å². The lowest BCUT2D eigenvalue weighted by Gasteiger charge is -2.26. The first kappa shape index (κ1) is 28.7. The maximum Gasteiger partial charge on any atom is 0.258 e. The molecule has 0 atom stereocenters. The number of ether oxygens (including phenoxy) is 3. The highest BCUT2D eigenvalue weighted by molar-refractivity contribution is 6.04. The number of carbonyl (C=O) groups excluding carboxylic acids is 2. The summed E-state index contributed by atoms with van der Waals surface area (Å²) in [5, 5.41) is 2.95. The Bertz CT molecular complexity index is 1490. The van der Waals surface area contributed by atoms with Crippen molar-refractivity contribution in [2.75, 3.05) is 51.8 Å². The van der Waals surface area contributed by atoms with Gasteiger partial charge in [0.15, 0.2) is 0 Å². The number of allylic oxidation sites excluding steroid dienone is 1. The summed E-state index contributed by atoms with van der Waals surface area (Å²) in [6.45, 7) is 4.84. The molecule has 3 aromatic rings. The highest BCUT2D eigenvalue weighted by Gasteiger charge is 2.13. The van der Waals surface area contributed by atoms with Crippen molar-refractivity contribution < 1.29 is 23.8 Å². The van der Waals surface area contributed by atoms with E-state index in [9.17, 15) is 9.59 Å². The highest BCUT2D eigenvalue weighted by Crippen LogP contribution is 2.19. The topological polar surface area (TPSA) is 80.3 Å². The van der Waals surface area contributed by atoms with E-state index in [0.717, 1.165) is 56.3 Å². The number of nitrogens with one attached hydrogen (secondary N) is 1. The van der Waals surface area contributed by atoms with Gasteiger partial charge in [0.1, 0.15) is 17.3 Å². The molecule has 0 aromatic heterocycles. The molecule has 0 saturated carbocycles. The minimum Gasteiger partial charge on any atom is -0.497 e. The van der Waals surface area contributed by atoms with Gasteiger partial charge in [-0.25, -0.2) is 0 Å². The van der Waals surface area contributed by atoms with Crippen molar-refractivity contribution in [3.63, 3.8) is 0 Å². The van der Waals surface area contributed by atoms with E-state index in [0.29, 0.717) is 17.1 Å². The zero-order valence-electron chi connectivity index (χ0n) is 23.5. The van der Waals surface area contributed by atoms with Gasteiger partial charge in [0.05, 0.1) is 26.9 Å². The molecule has 2 amide bonds. The fourth-order valence-electron chi connectivity index (χ4n) is 4.45. The minimum absolute atomic E-state index is 0.201. The fourth-order valence-corrected chi connectivity index (χ4v) is 4.45. The third-order valence-corrected chi connectivity index (χ3v) is 6.94. The standard InChI is InChI=1S/C34H33N3O5/c1-40-30-10-4-27(5-11-30)17-20-37-21-18-32(14-15-33(37)38)42-31-12-6-28(7-13-31)34(39)35-29-8-2-26(3-9-29)16-19-36-22-24-41-25-23-36/h2-15,18H,16,19,21-25H2,1H3,(H,35,39). The molecule has 0 radical (unpaired) electrons. The van der Waals surface area contributed by atoms with Crippen LogP contribution in [0.4, 0.5) is 5.69 Å². The molecular weight excluding hydrogens is 530 g/mol. The Morgan fingerprint density at radius 2 is 1.64 bits per heavy atom. The van der Waals surface area contributed by atoms with Crippen molar-refractivity contribution >= 4 is 17.5 Å². The van der Waals surface area contributed by atoms with Gasteiger partial charge in [-0.1, -0.05) is 12.1 Å². The third kappa shape index (κ3) is 8.10. The number of nitrogens with zero attached hydrogens (tertiary/aromatic N) is 2. The van der Waals surface area contributed by atoms with Gasteiger partial charge in [-0.15, -0.1) is 0 Å². The van der Waals surface area contributed by atoms with Crippen molar-refractivity contribution in [1.29, 1.82) is 0 Å². The number of rotatable bonds is 8. The van der Waals surface area contributed by atoms with Gasteiger partial charge < -0.3 is 19.5 Å². The molecule has 0 bridgehead atoms. The van der Waals surface area contributed by atoms with Crippen LogP contribution in [0.2, 0.25) is 0 Å². The number of methoxy groups -OCH3 is 1. The lowest BCUT2D eigenvalue weighted by atomic mass is 10.1. The van der Waals surface area contributed by atoms with E-state index in [2.05, 4.69) is 34.3 Å². The molecule has 8 heteroatoms. The number of hydrogen-bond acceptors (Lipinski definition) is 6. The van der Waals surface area contributed by atoms with Crippen molar-refractivity contribution in [1.82, 2.24) is 9.80 Å². The Morgan fingerprint density at radius 3 is 2.36 bits per heavy atom. The number of morpholine rings is 1. The SMILES string of the molecule is COc1ccc(C#CN2CC=C(Oc3ccc(C(=O)Nc4ccc(CCN5CCOCC5)cc4)cc3)C=CC2=O)cc1. The summed E-state index contributed by atoms with van der Waals surface area (Å²) in [6.07, 6.45) is 5.79. The van der Waals surface area contributed by atoms with Crippen LogP contribution in [0.5, 0.6) is 11.5 Å². The summed E-state index contributed by atoms with van der Waals surface area (Å²) >= 11 is 0. The second-order valence-corrected chi connectivity index (χ2v) is 9.84. The van der Waals surface area contributed by atoms with E-state index < -0.39 is 0 Å². The van der Waals surface area contributed by atoms with Gasteiger partial charge in [-0.3, -0.25) is 19.4 Å². The predicted molar refractivity (Wildman–Crippen MR) is 161 cm³/mol. The third-order valence-electron chi connectivity index (χ3n) is 6.94. The zero-order valence-corrected chi connectivity index (χ0v) is 23.5. The van der Waals surface area contributed by atoms with E-state index in [-0.39, 0.29) is 18.4 Å². The second-order valence-electron chi connectivity index (χ2n) is 9.84. The van der Waals surface area contributed by atoms with E-state index in [1.807, 2.05) is 36.4 Å². The molecule has 214 valence electrons. The Balaban J connectivity index is 1.12. The normalized spacial score (nSPS) is 15.2. The number of hydrogen-bond donors (Lipinski definition) is 1. The molecule has 5 rings (SSSR count). The van der Waals surface area contributed by atoms with Crippen LogP contribution in [0, 0.1) is 12.0 Å². The van der Waals surface area contributed by atoms with Gasteiger partial charge in [0.2, 0.25) is 0 Å². The van der Waals surface area contributed by atoms with Crippen LogP contribution in [0.15, 0.2) is 96.8 Å². The molecule has 1 fully saturated rings. The Kier molecular flexibility index (Phi) is 9.68. The average molecular weight is 564 g/mol. The Labute approximate surface area is 246 Å². The first-order valence-corrected chi connectivity index (χ1v) is 13.9. The van der Waals surface area contributed by atoms with Crippen molar-refractivity contribution in [2.24, 2.45) is 0 Å². The zero-order chi connectivity index (χ0) is 29.1. The molecule has 2 aliphatic heterocycles. The predicted octanol–water partition coefficient (Wildman–Crippen LogP) is 4.49. The lowest BCUT2D eigenvalue weighted by molar-refractivity contribution is -0.122. The molecule has 42 heavy (non-hydrogen) atoms. The summed E-state index contributed by atoms with van der Waals surface area (Å²) in [5.74, 6) is 4.37. The average Bonchev–Trinajstić information content (AvgIpc) is 3.21. The molecule has 2 aliphatic rings. The summed E-state index contributed by atoms with van der Waals surface area (Å²) in [7, 11) is 1.61. The quantitative estimate of drug-likeness (QED) is 0.407. The largest absolute Gasteiger partial charge is 0.497 e. The van der Waals surface area contributed by atoms with Crippen LogP contribution in [-0.2, 0) is 16.0 Å². The molecule has 0 unspecified atom stereocenters. The number of amides is 2. The van der Waals surface area contributed by atoms with Crippen LogP contribution in [0.1, 0.15) is 21.5 Å². The van der Waals surface area contributed by atoms with Gasteiger partial charge in [0.25, 0.3) is 11.8 Å². The van der Waals surface area contributed by atoms with Crippen LogP contribution in [-0.4, -0.2) is 68.1 Å². The first-order valence-electron chi connectivity index (χ1n) is 13.9. The molecule has 2 heterocycles. The van der Waals surface area contributed by atoms with Gasteiger partial charge in [-0.2, -0.15) is 0 Å². The fraction of sp³-hybridized carbons (Fsp3) is 0.235. The first-order chi connectivity index (χ1) is 20.6. The van der Waals surface area contributed by atoms with Crippen LogP contribution in [0.3, 0.4) is 0 Å².